The number of rotatable bonds is 11. The Hall–Kier alpha value is -3.12. The quantitative estimate of drug-likeness (QED) is 0.148. The van der Waals surface area contributed by atoms with Gasteiger partial charge in [-0.05, 0) is 152 Å². The summed E-state index contributed by atoms with van der Waals surface area (Å²) < 4.78 is 0. The van der Waals surface area contributed by atoms with Gasteiger partial charge in [0.15, 0.2) is 0 Å². The van der Waals surface area contributed by atoms with Crippen LogP contribution < -0.4 is 0 Å². The van der Waals surface area contributed by atoms with E-state index in [9.17, 15) is 0 Å². The van der Waals surface area contributed by atoms with Crippen molar-refractivity contribution in [3.8, 4) is 11.1 Å². The van der Waals surface area contributed by atoms with Gasteiger partial charge < -0.3 is 0 Å². The molecule has 0 unspecified atom stereocenters. The van der Waals surface area contributed by atoms with Gasteiger partial charge in [-0.25, -0.2) is 0 Å². The second-order valence-electron chi connectivity index (χ2n) is 13.6. The number of fused-ring (bicyclic) bond motifs is 3. The van der Waals surface area contributed by atoms with E-state index in [0.717, 1.165) is 6.42 Å². The van der Waals surface area contributed by atoms with Crippen molar-refractivity contribution in [1.82, 2.24) is 0 Å². The van der Waals surface area contributed by atoms with Gasteiger partial charge in [0.1, 0.15) is 0 Å². The molecular formula is C43H54. The van der Waals surface area contributed by atoms with Gasteiger partial charge in [-0.3, -0.25) is 0 Å². The van der Waals surface area contributed by atoms with Crippen molar-refractivity contribution in [1.29, 1.82) is 0 Å². The molecule has 4 aromatic rings. The maximum absolute atomic E-state index is 2.56. The van der Waals surface area contributed by atoms with E-state index in [0.29, 0.717) is 0 Å². The van der Waals surface area contributed by atoms with Gasteiger partial charge in [0.25, 0.3) is 0 Å². The average Bonchev–Trinajstić information content (AvgIpc) is 3.24. The van der Waals surface area contributed by atoms with E-state index in [4.69, 9.17) is 0 Å². The first-order valence-electron chi connectivity index (χ1n) is 17.1. The minimum atomic E-state index is -0.346. The Labute approximate surface area is 263 Å². The number of hydrogen-bond acceptors (Lipinski definition) is 0. The van der Waals surface area contributed by atoms with Crippen molar-refractivity contribution in [2.75, 3.05) is 0 Å². The van der Waals surface area contributed by atoms with Crippen LogP contribution in [-0.4, -0.2) is 0 Å². The lowest BCUT2D eigenvalue weighted by Gasteiger charge is -2.36. The van der Waals surface area contributed by atoms with Gasteiger partial charge in [-0.15, -0.1) is 0 Å². The van der Waals surface area contributed by atoms with Crippen molar-refractivity contribution in [2.45, 2.75) is 126 Å². The van der Waals surface area contributed by atoms with E-state index in [1.165, 1.54) is 124 Å². The van der Waals surface area contributed by atoms with E-state index in [1.54, 1.807) is 11.1 Å². The van der Waals surface area contributed by atoms with Crippen LogP contribution in [0.4, 0.5) is 0 Å². The first-order valence-corrected chi connectivity index (χ1v) is 17.1. The van der Waals surface area contributed by atoms with Crippen LogP contribution in [0.25, 0.3) is 11.1 Å². The molecular weight excluding hydrogens is 516 g/mol. The molecule has 4 aromatic carbocycles. The van der Waals surface area contributed by atoms with Crippen LogP contribution in [0.3, 0.4) is 0 Å². The number of aryl methyl sites for hydroxylation is 7. The second kappa shape index (κ2) is 12.9. The molecule has 0 N–H and O–H groups in total. The molecule has 0 fully saturated rings. The van der Waals surface area contributed by atoms with E-state index < -0.39 is 0 Å². The summed E-state index contributed by atoms with van der Waals surface area (Å²) in [6.45, 7) is 20.9. The molecule has 0 heterocycles. The molecule has 0 saturated heterocycles. The maximum Gasteiger partial charge on any atom is 0.0714 e. The molecule has 0 aromatic heterocycles. The predicted octanol–water partition coefficient (Wildman–Crippen LogP) is 11.9. The van der Waals surface area contributed by atoms with Crippen LogP contribution in [0.5, 0.6) is 0 Å². The van der Waals surface area contributed by atoms with E-state index in [2.05, 4.69) is 117 Å². The third-order valence-corrected chi connectivity index (χ3v) is 10.2. The van der Waals surface area contributed by atoms with E-state index in [-0.39, 0.29) is 5.41 Å². The third-order valence-electron chi connectivity index (χ3n) is 10.2. The lowest BCUT2D eigenvalue weighted by molar-refractivity contribution is 0.745. The summed E-state index contributed by atoms with van der Waals surface area (Å²) in [5, 5.41) is 0. The molecule has 0 nitrogen and oxygen atoms in total. The Morgan fingerprint density at radius 3 is 1.44 bits per heavy atom. The molecule has 226 valence electrons. The van der Waals surface area contributed by atoms with Gasteiger partial charge in [0.2, 0.25) is 0 Å². The van der Waals surface area contributed by atoms with Crippen LogP contribution in [0.1, 0.15) is 132 Å². The summed E-state index contributed by atoms with van der Waals surface area (Å²) in [6.07, 6.45) is 10.8. The first kappa shape index (κ1) is 31.3. The summed E-state index contributed by atoms with van der Waals surface area (Å²) in [5.41, 5.74) is 21.5. The maximum atomic E-state index is 2.56. The highest BCUT2D eigenvalue weighted by molar-refractivity contribution is 5.89. The number of unbranched alkanes of at least 4 members (excludes halogenated alkanes) is 3. The highest BCUT2D eigenvalue weighted by Crippen LogP contribution is 2.58. The number of hydrogen-bond donors (Lipinski definition) is 0. The normalized spacial score (nSPS) is 13.3. The Bertz CT molecular complexity index is 1520. The smallest absolute Gasteiger partial charge is 0.0654 e. The minimum Gasteiger partial charge on any atom is -0.0654 e. The van der Waals surface area contributed by atoms with Crippen LogP contribution in [0.2, 0.25) is 0 Å². The molecule has 1 aliphatic carbocycles. The SMILES string of the molecule is CCCCc1cc(C)cc2c1-c1ccc(C)cc1C2(c1cc(C)c(CCCC)c(C)c1)c1cc(C)c(CCCC)c(C)c1. The molecule has 1 aliphatic rings. The molecule has 0 bridgehead atoms. The zero-order valence-electron chi connectivity index (χ0n) is 28.6. The fraction of sp³-hybridized carbons (Fsp3) is 0.442. The largest absolute Gasteiger partial charge is 0.0714 e. The minimum absolute atomic E-state index is 0.346. The Balaban J connectivity index is 1.92. The number of benzene rings is 4. The third kappa shape index (κ3) is 5.52. The molecule has 0 radical (unpaired) electrons. The fourth-order valence-corrected chi connectivity index (χ4v) is 8.08. The van der Waals surface area contributed by atoms with Crippen molar-refractivity contribution < 1.29 is 0 Å². The highest BCUT2D eigenvalue weighted by Gasteiger charge is 2.47. The molecule has 43 heavy (non-hydrogen) atoms. The first-order chi connectivity index (χ1) is 20.7. The van der Waals surface area contributed by atoms with Gasteiger partial charge in [0, 0.05) is 0 Å². The average molecular weight is 571 g/mol. The van der Waals surface area contributed by atoms with Crippen LogP contribution in [-0.2, 0) is 24.7 Å². The standard InChI is InChI=1S/C43H54/c1-10-13-16-34-21-29(5)23-41-42(34)39-20-19-28(4)22-40(39)43(41,35-24-30(6)37(17-14-11-2)31(7)25-35)36-26-32(8)38(18-15-12-3)33(9)27-36/h19-27H,10-18H2,1-9H3. The lowest BCUT2D eigenvalue weighted by atomic mass is 9.65. The molecule has 0 saturated carbocycles. The van der Waals surface area contributed by atoms with Gasteiger partial charge >= 0.3 is 0 Å². The van der Waals surface area contributed by atoms with Gasteiger partial charge in [-0.2, -0.15) is 0 Å². The molecule has 0 spiro atoms. The summed E-state index contributed by atoms with van der Waals surface area (Å²) >= 11 is 0. The summed E-state index contributed by atoms with van der Waals surface area (Å²) in [6, 6.07) is 22.5. The zero-order chi connectivity index (χ0) is 30.9. The molecule has 0 amide bonds. The molecule has 0 atom stereocenters. The van der Waals surface area contributed by atoms with Crippen LogP contribution in [0.15, 0.2) is 54.6 Å². The molecule has 0 aliphatic heterocycles. The van der Waals surface area contributed by atoms with Crippen molar-refractivity contribution in [2.24, 2.45) is 0 Å². The topological polar surface area (TPSA) is 0 Å². The summed E-state index contributed by atoms with van der Waals surface area (Å²) in [4.78, 5) is 0. The monoisotopic (exact) mass is 570 g/mol. The molecule has 5 rings (SSSR count). The van der Waals surface area contributed by atoms with E-state index in [1.807, 2.05) is 0 Å². The van der Waals surface area contributed by atoms with Gasteiger partial charge in [0.05, 0.1) is 5.41 Å². The summed E-state index contributed by atoms with van der Waals surface area (Å²) in [5.74, 6) is 0. The van der Waals surface area contributed by atoms with Gasteiger partial charge in [-0.1, -0.05) is 106 Å². The van der Waals surface area contributed by atoms with Crippen molar-refractivity contribution in [3.63, 3.8) is 0 Å². The van der Waals surface area contributed by atoms with Crippen LogP contribution in [0, 0.1) is 41.5 Å². The Kier molecular flexibility index (Phi) is 9.36. The zero-order valence-corrected chi connectivity index (χ0v) is 28.6. The Morgan fingerprint density at radius 1 is 0.488 bits per heavy atom. The second-order valence-corrected chi connectivity index (χ2v) is 13.6. The summed E-state index contributed by atoms with van der Waals surface area (Å²) in [7, 11) is 0. The predicted molar refractivity (Wildman–Crippen MR) is 188 cm³/mol. The molecule has 0 heteroatoms. The van der Waals surface area contributed by atoms with Crippen molar-refractivity contribution >= 4 is 0 Å². The van der Waals surface area contributed by atoms with E-state index >= 15 is 0 Å². The van der Waals surface area contributed by atoms with Crippen molar-refractivity contribution in [3.05, 3.63) is 127 Å². The highest BCUT2D eigenvalue weighted by atomic mass is 14.5. The lowest BCUT2D eigenvalue weighted by Crippen LogP contribution is -2.30. The fourth-order valence-electron chi connectivity index (χ4n) is 8.08. The Morgan fingerprint density at radius 2 is 0.953 bits per heavy atom. The van der Waals surface area contributed by atoms with Crippen LogP contribution >= 0.6 is 0 Å².